The van der Waals surface area contributed by atoms with Gasteiger partial charge in [-0.15, -0.1) is 5.10 Å². The lowest BCUT2D eigenvalue weighted by Crippen LogP contribution is -2.14. The fraction of sp³-hybridized carbons (Fsp3) is 0.250. The summed E-state index contributed by atoms with van der Waals surface area (Å²) >= 11 is 3.13. The number of hydrogen-bond donors (Lipinski definition) is 1. The van der Waals surface area contributed by atoms with Crippen LogP contribution in [0.1, 0.15) is 35.0 Å². The van der Waals surface area contributed by atoms with Gasteiger partial charge in [-0.25, -0.2) is 4.39 Å². The van der Waals surface area contributed by atoms with Gasteiger partial charge in [-0.2, -0.15) is 0 Å². The van der Waals surface area contributed by atoms with Crippen LogP contribution in [0.5, 0.6) is 0 Å². The van der Waals surface area contributed by atoms with Crippen molar-refractivity contribution in [3.05, 3.63) is 39.9 Å². The zero-order valence-electron chi connectivity index (χ0n) is 9.69. The molecule has 1 fully saturated rings. The van der Waals surface area contributed by atoms with Crippen molar-refractivity contribution in [2.45, 2.75) is 18.8 Å². The molecule has 98 valence electrons. The molecule has 0 bridgehead atoms. The number of nitrogens with zero attached hydrogens (tertiary/aromatic N) is 2. The lowest BCUT2D eigenvalue weighted by Gasteiger charge is -2.04. The van der Waals surface area contributed by atoms with Crippen LogP contribution in [0, 0.1) is 5.82 Å². The Balaban J connectivity index is 1.80. The average Bonchev–Trinajstić information content (AvgIpc) is 3.10. The molecule has 1 amide bonds. The van der Waals surface area contributed by atoms with E-state index in [1.807, 2.05) is 0 Å². The van der Waals surface area contributed by atoms with Crippen LogP contribution in [0.2, 0.25) is 0 Å². The minimum atomic E-state index is -0.629. The first kappa shape index (κ1) is 12.3. The summed E-state index contributed by atoms with van der Waals surface area (Å²) < 4.78 is 19.2. The third-order valence-electron chi connectivity index (χ3n) is 2.78. The molecule has 0 aliphatic heterocycles. The molecule has 1 aliphatic carbocycles. The van der Waals surface area contributed by atoms with Crippen LogP contribution in [0.4, 0.5) is 10.4 Å². The van der Waals surface area contributed by atoms with Crippen LogP contribution in [0.15, 0.2) is 27.1 Å². The van der Waals surface area contributed by atoms with Crippen molar-refractivity contribution in [1.82, 2.24) is 10.2 Å². The van der Waals surface area contributed by atoms with Gasteiger partial charge in [0.25, 0.3) is 5.91 Å². The fourth-order valence-electron chi connectivity index (χ4n) is 1.65. The van der Waals surface area contributed by atoms with E-state index in [0.29, 0.717) is 16.3 Å². The van der Waals surface area contributed by atoms with Crippen molar-refractivity contribution in [3.8, 4) is 0 Å². The van der Waals surface area contributed by atoms with Gasteiger partial charge < -0.3 is 4.42 Å². The lowest BCUT2D eigenvalue weighted by molar-refractivity contribution is 0.101. The van der Waals surface area contributed by atoms with E-state index in [1.165, 1.54) is 12.1 Å². The van der Waals surface area contributed by atoms with Crippen LogP contribution < -0.4 is 5.32 Å². The summed E-state index contributed by atoms with van der Waals surface area (Å²) in [5.41, 5.74) is -0.0892. The highest BCUT2D eigenvalue weighted by molar-refractivity contribution is 9.10. The first-order chi connectivity index (χ1) is 9.15. The van der Waals surface area contributed by atoms with Gasteiger partial charge in [0.15, 0.2) is 0 Å². The molecule has 0 radical (unpaired) electrons. The van der Waals surface area contributed by atoms with Crippen molar-refractivity contribution < 1.29 is 13.6 Å². The molecule has 5 nitrogen and oxygen atoms in total. The number of anilines is 1. The molecule has 0 atom stereocenters. The van der Waals surface area contributed by atoms with Gasteiger partial charge in [0.1, 0.15) is 5.82 Å². The summed E-state index contributed by atoms with van der Waals surface area (Å²) in [6, 6.07) is 4.29. The highest BCUT2D eigenvalue weighted by Gasteiger charge is 2.29. The minimum Gasteiger partial charge on any atom is -0.408 e. The number of hydrogen-bond acceptors (Lipinski definition) is 4. The maximum atomic E-state index is 13.6. The van der Waals surface area contributed by atoms with E-state index >= 15 is 0 Å². The lowest BCUT2D eigenvalue weighted by atomic mass is 10.2. The van der Waals surface area contributed by atoms with Gasteiger partial charge in [0, 0.05) is 10.4 Å². The molecule has 1 aliphatic rings. The van der Waals surface area contributed by atoms with E-state index in [-0.39, 0.29) is 11.6 Å². The Hall–Kier alpha value is -1.76. The fourth-order valence-corrected chi connectivity index (χ4v) is 2.18. The number of nitrogens with one attached hydrogen (secondary N) is 1. The topological polar surface area (TPSA) is 68.0 Å². The summed E-state index contributed by atoms with van der Waals surface area (Å²) in [6.07, 6.45) is 2.04. The summed E-state index contributed by atoms with van der Waals surface area (Å²) in [6.45, 7) is 0. The maximum Gasteiger partial charge on any atom is 0.322 e. The minimum absolute atomic E-state index is 0.0120. The molecule has 1 heterocycles. The van der Waals surface area contributed by atoms with Crippen molar-refractivity contribution in [3.63, 3.8) is 0 Å². The van der Waals surface area contributed by atoms with Gasteiger partial charge in [-0.1, -0.05) is 11.2 Å². The number of aromatic nitrogens is 2. The molecule has 2 aromatic rings. The summed E-state index contributed by atoms with van der Waals surface area (Å²) in [5.74, 6) is -0.425. The van der Waals surface area contributed by atoms with E-state index in [0.717, 1.165) is 12.8 Å². The van der Waals surface area contributed by atoms with Crippen molar-refractivity contribution in [1.29, 1.82) is 0 Å². The number of halogens is 2. The van der Waals surface area contributed by atoms with Crippen molar-refractivity contribution >= 4 is 27.9 Å². The molecule has 1 saturated carbocycles. The monoisotopic (exact) mass is 325 g/mol. The standard InChI is InChI=1S/C12H9BrFN3O2/c13-7-2-1-3-8(14)9(7)10(18)15-12-17-16-11(19-12)6-4-5-6/h1-3,6H,4-5H2,(H,15,17,18). The van der Waals surface area contributed by atoms with Gasteiger partial charge in [-0.3, -0.25) is 10.1 Å². The number of amides is 1. The number of benzene rings is 1. The quantitative estimate of drug-likeness (QED) is 0.941. The Kier molecular flexibility index (Phi) is 3.06. The predicted molar refractivity (Wildman–Crippen MR) is 68.3 cm³/mol. The van der Waals surface area contributed by atoms with Gasteiger partial charge in [0.05, 0.1) is 5.56 Å². The second-order valence-electron chi connectivity index (χ2n) is 4.27. The third-order valence-corrected chi connectivity index (χ3v) is 3.44. The molecule has 7 heteroatoms. The van der Waals surface area contributed by atoms with Gasteiger partial charge in [0.2, 0.25) is 5.89 Å². The predicted octanol–water partition coefficient (Wildman–Crippen LogP) is 3.10. The molecule has 19 heavy (non-hydrogen) atoms. The number of carbonyl (C=O) groups excluding carboxylic acids is 1. The van der Waals surface area contributed by atoms with E-state index in [4.69, 9.17) is 4.42 Å². The molecule has 3 rings (SSSR count). The Morgan fingerprint density at radius 3 is 2.89 bits per heavy atom. The Bertz CT molecular complexity index is 619. The summed E-state index contributed by atoms with van der Waals surface area (Å²) in [4.78, 5) is 11.9. The normalized spacial score (nSPS) is 14.4. The van der Waals surface area contributed by atoms with Crippen LogP contribution in [-0.4, -0.2) is 16.1 Å². The molecule has 0 spiro atoms. The summed E-state index contributed by atoms with van der Waals surface area (Å²) in [5, 5.41) is 9.94. The molecule has 1 aromatic heterocycles. The third kappa shape index (κ3) is 2.51. The zero-order valence-corrected chi connectivity index (χ0v) is 11.3. The Morgan fingerprint density at radius 1 is 1.42 bits per heavy atom. The van der Waals surface area contributed by atoms with Crippen molar-refractivity contribution in [2.24, 2.45) is 0 Å². The van der Waals surface area contributed by atoms with Gasteiger partial charge in [-0.05, 0) is 40.9 Å². The van der Waals surface area contributed by atoms with E-state index in [2.05, 4.69) is 31.4 Å². The van der Waals surface area contributed by atoms with Crippen LogP contribution in [-0.2, 0) is 0 Å². The Labute approximate surface area is 116 Å². The number of rotatable bonds is 3. The van der Waals surface area contributed by atoms with Gasteiger partial charge >= 0.3 is 6.01 Å². The zero-order chi connectivity index (χ0) is 13.4. The van der Waals surface area contributed by atoms with E-state index in [1.54, 1.807) is 6.07 Å². The van der Waals surface area contributed by atoms with Crippen LogP contribution in [0.25, 0.3) is 0 Å². The maximum absolute atomic E-state index is 13.6. The molecule has 1 N–H and O–H groups in total. The molecular weight excluding hydrogens is 317 g/mol. The average molecular weight is 326 g/mol. The highest BCUT2D eigenvalue weighted by Crippen LogP contribution is 2.39. The number of carbonyl (C=O) groups is 1. The Morgan fingerprint density at radius 2 is 2.21 bits per heavy atom. The second-order valence-corrected chi connectivity index (χ2v) is 5.12. The smallest absolute Gasteiger partial charge is 0.322 e. The second kappa shape index (κ2) is 4.73. The molecule has 0 unspecified atom stereocenters. The van der Waals surface area contributed by atoms with Crippen LogP contribution in [0.3, 0.4) is 0 Å². The van der Waals surface area contributed by atoms with Crippen molar-refractivity contribution in [2.75, 3.05) is 5.32 Å². The first-order valence-electron chi connectivity index (χ1n) is 5.74. The highest BCUT2D eigenvalue weighted by atomic mass is 79.9. The molecule has 0 saturated heterocycles. The molecular formula is C12H9BrFN3O2. The van der Waals surface area contributed by atoms with Crippen LogP contribution >= 0.6 is 15.9 Å². The largest absolute Gasteiger partial charge is 0.408 e. The SMILES string of the molecule is O=C(Nc1nnc(C2CC2)o1)c1c(F)cccc1Br. The summed E-state index contributed by atoms with van der Waals surface area (Å²) in [7, 11) is 0. The first-order valence-corrected chi connectivity index (χ1v) is 6.53. The van der Waals surface area contributed by atoms with E-state index < -0.39 is 11.7 Å². The molecule has 1 aromatic carbocycles. The van der Waals surface area contributed by atoms with E-state index in [9.17, 15) is 9.18 Å².